The maximum atomic E-state index is 13.3. The highest BCUT2D eigenvalue weighted by atomic mass is 16.5. The Labute approximate surface area is 187 Å². The molecule has 0 radical (unpaired) electrons. The molecule has 5 heteroatoms. The average Bonchev–Trinajstić information content (AvgIpc) is 2.79. The lowest BCUT2D eigenvalue weighted by Crippen LogP contribution is -2.50. The molecule has 1 heterocycles. The molecule has 3 aliphatic carbocycles. The number of nitrogens with zero attached hydrogens (tertiary/aromatic N) is 2. The average molecular weight is 427 g/mol. The molecule has 1 saturated heterocycles. The van der Waals surface area contributed by atoms with Gasteiger partial charge in [-0.15, -0.1) is 0 Å². The van der Waals surface area contributed by atoms with E-state index in [2.05, 4.69) is 29.7 Å². The zero-order valence-electron chi connectivity index (χ0n) is 19.4. The maximum Gasteiger partial charge on any atom is 0.227 e. The highest BCUT2D eigenvalue weighted by molar-refractivity contribution is 5.79. The molecule has 1 saturated carbocycles. The summed E-state index contributed by atoms with van der Waals surface area (Å²) in [6.07, 6.45) is 6.36. The Kier molecular flexibility index (Phi) is 7.02. The van der Waals surface area contributed by atoms with Gasteiger partial charge in [-0.3, -0.25) is 9.69 Å². The van der Waals surface area contributed by atoms with E-state index in [1.807, 2.05) is 24.3 Å². The van der Waals surface area contributed by atoms with Crippen molar-refractivity contribution in [3.05, 3.63) is 41.5 Å². The molecule has 1 amide bonds. The summed E-state index contributed by atoms with van der Waals surface area (Å²) in [5, 5.41) is 0. The fourth-order valence-corrected chi connectivity index (χ4v) is 5.51. The van der Waals surface area contributed by atoms with Gasteiger partial charge in [0.05, 0.1) is 26.7 Å². The number of methoxy groups -OCH3 is 1. The van der Waals surface area contributed by atoms with E-state index < -0.39 is 0 Å². The summed E-state index contributed by atoms with van der Waals surface area (Å²) in [5.74, 6) is 2.52. The number of benzene rings is 1. The van der Waals surface area contributed by atoms with E-state index >= 15 is 0 Å². The Hall–Kier alpha value is -1.85. The molecule has 0 aromatic heterocycles. The van der Waals surface area contributed by atoms with E-state index in [4.69, 9.17) is 9.47 Å². The Bertz CT molecular complexity index is 780. The molecule has 4 aliphatic rings. The molecule has 2 atom stereocenters. The third-order valence-corrected chi connectivity index (χ3v) is 7.83. The number of hydrogen-bond donors (Lipinski definition) is 0. The second-order valence-corrected chi connectivity index (χ2v) is 9.97. The summed E-state index contributed by atoms with van der Waals surface area (Å²) in [7, 11) is 1.67. The van der Waals surface area contributed by atoms with Crippen molar-refractivity contribution in [2.75, 3.05) is 53.0 Å². The Morgan fingerprint density at radius 2 is 1.97 bits per heavy atom. The van der Waals surface area contributed by atoms with E-state index in [0.29, 0.717) is 17.8 Å². The van der Waals surface area contributed by atoms with Crippen LogP contribution in [-0.4, -0.2) is 68.8 Å². The first kappa shape index (κ1) is 22.3. The third-order valence-electron chi connectivity index (χ3n) is 7.83. The van der Waals surface area contributed by atoms with Gasteiger partial charge in [0.25, 0.3) is 0 Å². The van der Waals surface area contributed by atoms with Crippen LogP contribution < -0.4 is 4.74 Å². The zero-order valence-corrected chi connectivity index (χ0v) is 19.4. The molecule has 5 rings (SSSR count). The molecule has 31 heavy (non-hydrogen) atoms. The summed E-state index contributed by atoms with van der Waals surface area (Å²) >= 11 is 0. The van der Waals surface area contributed by atoms with Crippen molar-refractivity contribution in [3.8, 4) is 5.75 Å². The fourth-order valence-electron chi connectivity index (χ4n) is 5.51. The van der Waals surface area contributed by atoms with E-state index in [9.17, 15) is 4.79 Å². The Morgan fingerprint density at radius 1 is 1.23 bits per heavy atom. The minimum absolute atomic E-state index is 0.229. The molecule has 0 N–H and O–H groups in total. The SMILES string of the molecule is COc1ccc(CC(=O)N(CCCN2CCOCC2)CC2=CCC3CC2C3(C)C)cc1. The third kappa shape index (κ3) is 5.15. The molecule has 2 fully saturated rings. The first-order chi connectivity index (χ1) is 15.0. The normalized spacial score (nSPS) is 24.8. The smallest absolute Gasteiger partial charge is 0.227 e. The summed E-state index contributed by atoms with van der Waals surface area (Å²) in [5.41, 5.74) is 2.93. The molecule has 1 aromatic rings. The van der Waals surface area contributed by atoms with Crippen molar-refractivity contribution < 1.29 is 14.3 Å². The van der Waals surface area contributed by atoms with Gasteiger partial charge >= 0.3 is 0 Å². The summed E-state index contributed by atoms with van der Waals surface area (Å²) in [4.78, 5) is 17.9. The lowest BCUT2D eigenvalue weighted by atomic mass is 9.49. The van der Waals surface area contributed by atoms with Gasteiger partial charge in [-0.1, -0.05) is 37.6 Å². The number of carbonyl (C=O) groups is 1. The predicted molar refractivity (Wildman–Crippen MR) is 123 cm³/mol. The highest BCUT2D eigenvalue weighted by Gasteiger charge is 2.51. The number of amides is 1. The van der Waals surface area contributed by atoms with Gasteiger partial charge in [-0.25, -0.2) is 0 Å². The second kappa shape index (κ2) is 9.74. The van der Waals surface area contributed by atoms with Crippen molar-refractivity contribution in [2.45, 2.75) is 39.5 Å². The summed E-state index contributed by atoms with van der Waals surface area (Å²) < 4.78 is 10.7. The number of hydrogen-bond acceptors (Lipinski definition) is 4. The van der Waals surface area contributed by atoms with Crippen molar-refractivity contribution >= 4 is 5.91 Å². The molecule has 5 nitrogen and oxygen atoms in total. The molecular weight excluding hydrogens is 388 g/mol. The van der Waals surface area contributed by atoms with Crippen LogP contribution in [-0.2, 0) is 16.0 Å². The van der Waals surface area contributed by atoms with Gasteiger partial charge in [-0.05, 0) is 54.2 Å². The van der Waals surface area contributed by atoms with Gasteiger partial charge in [0.2, 0.25) is 5.91 Å². The van der Waals surface area contributed by atoms with Crippen molar-refractivity contribution in [2.24, 2.45) is 17.3 Å². The van der Waals surface area contributed by atoms with Crippen LogP contribution in [0.2, 0.25) is 0 Å². The number of allylic oxidation sites excluding steroid dienone is 1. The predicted octanol–water partition coefficient (Wildman–Crippen LogP) is 3.78. The molecule has 0 spiro atoms. The second-order valence-electron chi connectivity index (χ2n) is 9.97. The van der Waals surface area contributed by atoms with E-state index in [1.54, 1.807) is 7.11 Å². The van der Waals surface area contributed by atoms with E-state index in [-0.39, 0.29) is 5.91 Å². The Balaban J connectivity index is 1.39. The topological polar surface area (TPSA) is 42.0 Å². The zero-order chi connectivity index (χ0) is 21.8. The number of fused-ring (bicyclic) bond motifs is 1. The fraction of sp³-hybridized carbons (Fsp3) is 0.654. The standard InChI is InChI=1S/C26H38N2O3/c1-26(2)22-8-7-21(24(26)18-22)19-28(12-4-11-27-13-15-31-16-14-27)25(29)17-20-5-9-23(30-3)10-6-20/h5-7,9-10,22,24H,4,8,11-19H2,1-3H3. The van der Waals surface area contributed by atoms with Crippen LogP contribution in [0, 0.1) is 17.3 Å². The van der Waals surface area contributed by atoms with E-state index in [0.717, 1.165) is 69.6 Å². The molecule has 170 valence electrons. The van der Waals surface area contributed by atoms with Crippen LogP contribution in [0.15, 0.2) is 35.9 Å². The summed E-state index contributed by atoms with van der Waals surface area (Å²) in [6.45, 7) is 11.1. The Morgan fingerprint density at radius 3 is 2.61 bits per heavy atom. The molecule has 2 unspecified atom stereocenters. The monoisotopic (exact) mass is 426 g/mol. The molecule has 1 aliphatic heterocycles. The lowest BCUT2D eigenvalue weighted by molar-refractivity contribution is -0.130. The van der Waals surface area contributed by atoms with Gasteiger partial charge < -0.3 is 14.4 Å². The van der Waals surface area contributed by atoms with Crippen molar-refractivity contribution in [1.29, 1.82) is 0 Å². The maximum absolute atomic E-state index is 13.3. The minimum atomic E-state index is 0.229. The number of carbonyl (C=O) groups excluding carboxylic acids is 1. The van der Waals surface area contributed by atoms with Crippen LogP contribution in [0.4, 0.5) is 0 Å². The van der Waals surface area contributed by atoms with Crippen LogP contribution in [0.25, 0.3) is 0 Å². The lowest BCUT2D eigenvalue weighted by Gasteiger charge is -2.57. The summed E-state index contributed by atoms with van der Waals surface area (Å²) in [6, 6.07) is 7.88. The van der Waals surface area contributed by atoms with Gasteiger partial charge in [0.15, 0.2) is 0 Å². The molecule has 2 bridgehead atoms. The number of rotatable bonds is 9. The quantitative estimate of drug-likeness (QED) is 0.564. The van der Waals surface area contributed by atoms with Crippen LogP contribution in [0.5, 0.6) is 5.75 Å². The van der Waals surface area contributed by atoms with Crippen LogP contribution >= 0.6 is 0 Å². The van der Waals surface area contributed by atoms with E-state index in [1.165, 1.54) is 18.4 Å². The minimum Gasteiger partial charge on any atom is -0.497 e. The molecule has 1 aromatic carbocycles. The molecular formula is C26H38N2O3. The highest BCUT2D eigenvalue weighted by Crippen LogP contribution is 2.59. The van der Waals surface area contributed by atoms with Crippen molar-refractivity contribution in [1.82, 2.24) is 9.80 Å². The van der Waals surface area contributed by atoms with Crippen molar-refractivity contribution in [3.63, 3.8) is 0 Å². The van der Waals surface area contributed by atoms with Gasteiger partial charge in [-0.2, -0.15) is 0 Å². The van der Waals surface area contributed by atoms with Crippen LogP contribution in [0.3, 0.4) is 0 Å². The number of ether oxygens (including phenoxy) is 2. The first-order valence-corrected chi connectivity index (χ1v) is 11.9. The number of morpholine rings is 1. The largest absolute Gasteiger partial charge is 0.497 e. The van der Waals surface area contributed by atoms with Crippen LogP contribution in [0.1, 0.15) is 38.7 Å². The van der Waals surface area contributed by atoms with Gasteiger partial charge in [0, 0.05) is 32.7 Å². The first-order valence-electron chi connectivity index (χ1n) is 11.9. The van der Waals surface area contributed by atoms with Gasteiger partial charge in [0.1, 0.15) is 5.75 Å².